The van der Waals surface area contributed by atoms with Gasteiger partial charge in [0.05, 0.1) is 6.54 Å². The summed E-state index contributed by atoms with van der Waals surface area (Å²) >= 11 is 7.40. The zero-order valence-corrected chi connectivity index (χ0v) is 15.5. The van der Waals surface area contributed by atoms with E-state index in [-0.39, 0.29) is 16.7 Å². The number of carbonyl (C=O) groups excluding carboxylic acids is 1. The molecule has 0 atom stereocenters. The molecule has 8 heteroatoms. The summed E-state index contributed by atoms with van der Waals surface area (Å²) in [5, 5.41) is 12.4. The fraction of sp³-hybridized carbons (Fsp3) is 0.167. The van der Waals surface area contributed by atoms with Crippen LogP contribution < -0.4 is 5.32 Å². The minimum atomic E-state index is -0.367. The van der Waals surface area contributed by atoms with Crippen molar-refractivity contribution < 1.29 is 9.18 Å². The Morgan fingerprint density at radius 3 is 2.62 bits per heavy atom. The first-order chi connectivity index (χ1) is 12.5. The molecule has 1 amide bonds. The molecule has 0 fully saturated rings. The number of nitrogens with one attached hydrogen (secondary N) is 1. The standard InChI is InChI=1S/C18H16ClFN4OS/c1-24(10-12-4-2-3-5-15(12)19)11-16-22-23-18(26-16)17(25)21-14-8-6-13(20)7-9-14/h2-9H,10-11H2,1H3,(H,21,25). The molecule has 0 spiro atoms. The summed E-state index contributed by atoms with van der Waals surface area (Å²) in [5.74, 6) is -0.725. The van der Waals surface area contributed by atoms with E-state index in [0.29, 0.717) is 18.8 Å². The van der Waals surface area contributed by atoms with E-state index in [1.165, 1.54) is 35.6 Å². The number of anilines is 1. The number of carbonyl (C=O) groups is 1. The minimum absolute atomic E-state index is 0.260. The van der Waals surface area contributed by atoms with Gasteiger partial charge >= 0.3 is 0 Å². The third-order valence-electron chi connectivity index (χ3n) is 3.57. The van der Waals surface area contributed by atoms with Crippen molar-refractivity contribution in [1.82, 2.24) is 15.1 Å². The molecule has 0 radical (unpaired) electrons. The normalized spacial score (nSPS) is 10.9. The summed E-state index contributed by atoms with van der Waals surface area (Å²) in [5.41, 5.74) is 1.53. The number of hydrogen-bond donors (Lipinski definition) is 1. The van der Waals surface area contributed by atoms with Gasteiger partial charge in [-0.3, -0.25) is 9.69 Å². The highest BCUT2D eigenvalue weighted by Gasteiger charge is 2.14. The highest BCUT2D eigenvalue weighted by molar-refractivity contribution is 7.13. The molecule has 0 aliphatic heterocycles. The molecule has 0 bridgehead atoms. The van der Waals surface area contributed by atoms with Crippen LogP contribution in [0.25, 0.3) is 0 Å². The SMILES string of the molecule is CN(Cc1nnc(C(=O)Nc2ccc(F)cc2)s1)Cc1ccccc1Cl. The summed E-state index contributed by atoms with van der Waals surface area (Å²) in [6, 6.07) is 13.2. The minimum Gasteiger partial charge on any atom is -0.320 e. The van der Waals surface area contributed by atoms with Crippen molar-refractivity contribution >= 4 is 34.5 Å². The first-order valence-electron chi connectivity index (χ1n) is 7.82. The molecule has 0 aliphatic carbocycles. The summed E-state index contributed by atoms with van der Waals surface area (Å²) in [7, 11) is 1.95. The molecule has 3 aromatic rings. The van der Waals surface area contributed by atoms with E-state index >= 15 is 0 Å². The van der Waals surface area contributed by atoms with Crippen molar-refractivity contribution in [1.29, 1.82) is 0 Å². The summed E-state index contributed by atoms with van der Waals surface area (Å²) in [4.78, 5) is 14.3. The van der Waals surface area contributed by atoms with Crippen LogP contribution in [0.2, 0.25) is 5.02 Å². The zero-order valence-electron chi connectivity index (χ0n) is 13.9. The number of amides is 1. The lowest BCUT2D eigenvalue weighted by atomic mass is 10.2. The Balaban J connectivity index is 1.59. The Morgan fingerprint density at radius 1 is 1.15 bits per heavy atom. The topological polar surface area (TPSA) is 58.1 Å². The first kappa shape index (κ1) is 18.4. The molecule has 134 valence electrons. The highest BCUT2D eigenvalue weighted by Crippen LogP contribution is 2.19. The van der Waals surface area contributed by atoms with E-state index < -0.39 is 0 Å². The predicted octanol–water partition coefficient (Wildman–Crippen LogP) is 4.21. The smallest absolute Gasteiger partial charge is 0.286 e. The largest absolute Gasteiger partial charge is 0.320 e. The molecular weight excluding hydrogens is 375 g/mol. The van der Waals surface area contributed by atoms with Gasteiger partial charge in [0.2, 0.25) is 5.01 Å². The lowest BCUT2D eigenvalue weighted by molar-refractivity contribution is 0.102. The van der Waals surface area contributed by atoms with Gasteiger partial charge in [-0.2, -0.15) is 0 Å². The third-order valence-corrected chi connectivity index (χ3v) is 4.84. The van der Waals surface area contributed by atoms with Crippen LogP contribution in [-0.2, 0) is 13.1 Å². The number of benzene rings is 2. The number of rotatable bonds is 6. The lowest BCUT2D eigenvalue weighted by Crippen LogP contribution is -2.17. The van der Waals surface area contributed by atoms with Gasteiger partial charge < -0.3 is 5.32 Å². The zero-order chi connectivity index (χ0) is 18.5. The van der Waals surface area contributed by atoms with Gasteiger partial charge in [-0.05, 0) is 42.9 Å². The van der Waals surface area contributed by atoms with Crippen LogP contribution in [-0.4, -0.2) is 28.1 Å². The fourth-order valence-corrected chi connectivity index (χ4v) is 3.34. The van der Waals surface area contributed by atoms with Crippen LogP contribution in [0.3, 0.4) is 0 Å². The van der Waals surface area contributed by atoms with Crippen molar-refractivity contribution in [2.24, 2.45) is 0 Å². The van der Waals surface area contributed by atoms with Gasteiger partial charge in [0.25, 0.3) is 5.91 Å². The van der Waals surface area contributed by atoms with E-state index in [1.54, 1.807) is 0 Å². The van der Waals surface area contributed by atoms with Crippen molar-refractivity contribution in [3.05, 3.63) is 74.9 Å². The molecule has 3 rings (SSSR count). The van der Waals surface area contributed by atoms with Crippen molar-refractivity contribution in [3.8, 4) is 0 Å². The molecule has 5 nitrogen and oxygen atoms in total. The summed E-state index contributed by atoms with van der Waals surface area (Å²) in [6.07, 6.45) is 0. The van der Waals surface area contributed by atoms with Gasteiger partial charge in [0.1, 0.15) is 10.8 Å². The molecule has 0 aliphatic rings. The Bertz CT molecular complexity index is 900. The maximum Gasteiger partial charge on any atom is 0.286 e. The molecule has 1 N–H and O–H groups in total. The van der Waals surface area contributed by atoms with E-state index in [1.807, 2.05) is 36.2 Å². The quantitative estimate of drug-likeness (QED) is 0.684. The Labute approximate surface area is 159 Å². The maximum absolute atomic E-state index is 12.9. The maximum atomic E-state index is 12.9. The van der Waals surface area contributed by atoms with Crippen LogP contribution in [0.5, 0.6) is 0 Å². The van der Waals surface area contributed by atoms with Crippen molar-refractivity contribution in [2.75, 3.05) is 12.4 Å². The van der Waals surface area contributed by atoms with Crippen LogP contribution in [0, 0.1) is 5.82 Å². The van der Waals surface area contributed by atoms with Gasteiger partial charge in [0, 0.05) is 17.3 Å². The molecule has 0 saturated heterocycles. The summed E-state index contributed by atoms with van der Waals surface area (Å²) in [6.45, 7) is 1.21. The lowest BCUT2D eigenvalue weighted by Gasteiger charge is -2.15. The second kappa shape index (κ2) is 8.35. The van der Waals surface area contributed by atoms with E-state index in [0.717, 1.165) is 15.6 Å². The van der Waals surface area contributed by atoms with E-state index in [2.05, 4.69) is 15.5 Å². The second-order valence-electron chi connectivity index (χ2n) is 5.73. The Kier molecular flexibility index (Phi) is 5.92. The Morgan fingerprint density at radius 2 is 1.88 bits per heavy atom. The van der Waals surface area contributed by atoms with Crippen LogP contribution in [0.15, 0.2) is 48.5 Å². The summed E-state index contributed by atoms with van der Waals surface area (Å²) < 4.78 is 12.9. The highest BCUT2D eigenvalue weighted by atomic mass is 35.5. The number of halogens is 2. The van der Waals surface area contributed by atoms with Crippen LogP contribution in [0.4, 0.5) is 10.1 Å². The molecule has 0 saturated carbocycles. The van der Waals surface area contributed by atoms with Gasteiger partial charge in [-0.15, -0.1) is 10.2 Å². The Hall–Kier alpha value is -2.35. The average molecular weight is 391 g/mol. The van der Waals surface area contributed by atoms with Gasteiger partial charge in [0.15, 0.2) is 0 Å². The van der Waals surface area contributed by atoms with Crippen molar-refractivity contribution in [2.45, 2.75) is 13.1 Å². The van der Waals surface area contributed by atoms with Gasteiger partial charge in [-0.25, -0.2) is 4.39 Å². The molecule has 2 aromatic carbocycles. The van der Waals surface area contributed by atoms with Gasteiger partial charge in [-0.1, -0.05) is 41.1 Å². The second-order valence-corrected chi connectivity index (χ2v) is 7.19. The molecule has 1 aromatic heterocycles. The molecule has 1 heterocycles. The fourth-order valence-electron chi connectivity index (χ4n) is 2.33. The van der Waals surface area contributed by atoms with Crippen LogP contribution in [0.1, 0.15) is 20.4 Å². The monoisotopic (exact) mass is 390 g/mol. The predicted molar refractivity (Wildman–Crippen MR) is 101 cm³/mol. The van der Waals surface area contributed by atoms with Crippen molar-refractivity contribution in [3.63, 3.8) is 0 Å². The van der Waals surface area contributed by atoms with E-state index in [4.69, 9.17) is 11.6 Å². The third kappa shape index (κ3) is 4.85. The molecular formula is C18H16ClFN4OS. The number of hydrogen-bond acceptors (Lipinski definition) is 5. The molecule has 0 unspecified atom stereocenters. The average Bonchev–Trinajstić information content (AvgIpc) is 3.07. The number of aromatic nitrogens is 2. The van der Waals surface area contributed by atoms with E-state index in [9.17, 15) is 9.18 Å². The number of nitrogens with zero attached hydrogens (tertiary/aromatic N) is 3. The molecule has 26 heavy (non-hydrogen) atoms. The first-order valence-corrected chi connectivity index (χ1v) is 9.02. The van der Waals surface area contributed by atoms with Crippen LogP contribution >= 0.6 is 22.9 Å².